The number of hydrogen-bond donors (Lipinski definition) is 0. The molecule has 5 heteroatoms. The Morgan fingerprint density at radius 3 is 1.70 bits per heavy atom. The zero-order valence-electron chi connectivity index (χ0n) is 13.8. The Balaban J connectivity index is -0.000000138. The van der Waals surface area contributed by atoms with E-state index in [1.54, 1.807) is 0 Å². The van der Waals surface area contributed by atoms with Gasteiger partial charge in [0.15, 0.2) is 11.1 Å². The second-order valence-electron chi connectivity index (χ2n) is 2.41. The van der Waals surface area contributed by atoms with E-state index in [1.165, 1.54) is 12.7 Å². The predicted molar refractivity (Wildman–Crippen MR) is 112 cm³/mol. The van der Waals surface area contributed by atoms with Crippen LogP contribution >= 0.6 is 37.2 Å². The summed E-state index contributed by atoms with van der Waals surface area (Å²) in [7, 11) is 1.46. The van der Waals surface area contributed by atoms with E-state index in [9.17, 15) is 4.21 Å². The summed E-state index contributed by atoms with van der Waals surface area (Å²) in [5, 5.41) is 0. The number of benzene rings is 1. The molecular weight excluding hydrogens is 498 g/mol. The van der Waals surface area contributed by atoms with E-state index >= 15 is 0 Å². The van der Waals surface area contributed by atoms with Crippen LogP contribution in [0, 0.1) is 0 Å². The maximum Gasteiger partial charge on any atom is 0.155 e. The van der Waals surface area contributed by atoms with Crippen LogP contribution in [0.25, 0.3) is 0 Å². The van der Waals surface area contributed by atoms with E-state index in [1.807, 2.05) is 71.9 Å². The molecule has 0 spiro atoms. The summed E-state index contributed by atoms with van der Waals surface area (Å²) >= 11 is 3.11. The van der Waals surface area contributed by atoms with Gasteiger partial charge >= 0.3 is 0 Å². The van der Waals surface area contributed by atoms with Gasteiger partial charge in [-0.25, -0.2) is 4.21 Å². The third-order valence-corrected chi connectivity index (χ3v) is 2.50. The first-order valence-electron chi connectivity index (χ1n) is 6.94. The second kappa shape index (κ2) is 31.9. The predicted octanol–water partition coefficient (Wildman–Crippen LogP) is 6.39. The summed E-state index contributed by atoms with van der Waals surface area (Å²) in [5.41, 5.74) is 1.20. The molecule has 1 rings (SSSR count). The molecule has 122 valence electrons. The van der Waals surface area contributed by atoms with Crippen molar-refractivity contribution in [3.05, 3.63) is 35.9 Å². The van der Waals surface area contributed by atoms with Crippen molar-refractivity contribution in [2.24, 2.45) is 0 Å². The number of aryl methyl sites for hydroxylation is 1. The molecule has 0 aromatic heterocycles. The average Bonchev–Trinajstić information content (AvgIpc) is 2.60. The fourth-order valence-electron chi connectivity index (χ4n) is 0.929. The van der Waals surface area contributed by atoms with Gasteiger partial charge in [-0.2, -0.15) is 0 Å². The molecular formula is C15H30I2O2S. The molecule has 1 aromatic rings. The topological polar surface area (TPSA) is 26.3 Å². The van der Waals surface area contributed by atoms with Crippen LogP contribution in [0.5, 0.6) is 0 Å². The van der Waals surface area contributed by atoms with Gasteiger partial charge in [0.2, 0.25) is 0 Å². The van der Waals surface area contributed by atoms with Gasteiger partial charge in [0.05, 0.1) is 12.9 Å². The number of rotatable bonds is 4. The zero-order valence-corrected chi connectivity index (χ0v) is 18.9. The third kappa shape index (κ3) is 23.9. The van der Waals surface area contributed by atoms with Gasteiger partial charge in [-0.05, 0) is 12.0 Å². The van der Waals surface area contributed by atoms with Gasteiger partial charge < -0.3 is 0 Å². The Bertz CT molecular complexity index is 257. The smallest absolute Gasteiger partial charge is 0.155 e. The molecule has 1 atom stereocenters. The van der Waals surface area contributed by atoms with Crippen molar-refractivity contribution in [3.63, 3.8) is 0 Å². The highest BCUT2D eigenvalue weighted by molar-refractivity contribution is 15.0. The lowest BCUT2D eigenvalue weighted by atomic mass is 10.2. The summed E-state index contributed by atoms with van der Waals surface area (Å²) in [6.07, 6.45) is 0.807. The fourth-order valence-corrected chi connectivity index (χ4v) is 1.50. The lowest BCUT2D eigenvalue weighted by molar-refractivity contribution is 0.445. The summed E-state index contributed by atoms with van der Waals surface area (Å²) in [5.74, 6) is 0.570. The summed E-state index contributed by atoms with van der Waals surface area (Å²) in [6.45, 7) is 12.0. The van der Waals surface area contributed by atoms with Crippen molar-refractivity contribution in [2.45, 2.75) is 48.0 Å². The van der Waals surface area contributed by atoms with Crippen molar-refractivity contribution in [1.29, 1.82) is 0 Å². The molecule has 0 aliphatic carbocycles. The van der Waals surface area contributed by atoms with E-state index in [4.69, 9.17) is 0 Å². The highest BCUT2D eigenvalue weighted by Gasteiger charge is 1.97. The Morgan fingerprint density at radius 2 is 1.35 bits per heavy atom. The molecule has 1 unspecified atom stereocenters. The Hall–Kier alpha value is 0.790. The van der Waals surface area contributed by atoms with Crippen LogP contribution in [0.15, 0.2) is 30.3 Å². The molecule has 0 aliphatic rings. The van der Waals surface area contributed by atoms with Crippen molar-refractivity contribution in [3.8, 4) is 0 Å². The quantitative estimate of drug-likeness (QED) is 0.424. The van der Waals surface area contributed by atoms with E-state index < -0.39 is 11.1 Å². The first kappa shape index (κ1) is 28.9. The van der Waals surface area contributed by atoms with Crippen LogP contribution in [0.2, 0.25) is 0 Å². The lowest BCUT2D eigenvalue weighted by Gasteiger charge is -1.98. The molecule has 20 heavy (non-hydrogen) atoms. The van der Waals surface area contributed by atoms with E-state index in [-0.39, 0.29) is 0 Å². The molecule has 0 bridgehead atoms. The highest BCUT2D eigenvalue weighted by Crippen LogP contribution is 2.00. The van der Waals surface area contributed by atoms with Crippen LogP contribution in [0.3, 0.4) is 0 Å². The Morgan fingerprint density at radius 1 is 0.950 bits per heavy atom. The zero-order chi connectivity index (χ0) is 16.8. The molecule has 0 radical (unpaired) electrons. The van der Waals surface area contributed by atoms with E-state index in [0.717, 1.165) is 6.42 Å². The number of halogens is 2. The minimum atomic E-state index is -1.13. The van der Waals surface area contributed by atoms with Gasteiger partial charge in [0.1, 0.15) is 0 Å². The highest BCUT2D eigenvalue weighted by atomic mass is 128. The summed E-state index contributed by atoms with van der Waals surface area (Å²) in [6, 6.07) is 9.96. The van der Waals surface area contributed by atoms with Crippen LogP contribution in [0.4, 0.5) is 0 Å². The largest absolute Gasteiger partial charge is 0.294 e. The average molecular weight is 528 g/mol. The normalized spacial score (nSPS) is 8.85. The molecule has 1 aromatic carbocycles. The third-order valence-electron chi connectivity index (χ3n) is 1.59. The van der Waals surface area contributed by atoms with Gasteiger partial charge in [-0.3, -0.25) is 4.18 Å². The molecule has 0 saturated heterocycles. The molecule has 0 aliphatic heterocycles. The first-order valence-corrected chi connectivity index (χ1v) is 14.5. The first-order chi connectivity index (χ1) is 9.83. The molecule has 0 N–H and O–H groups in total. The van der Waals surface area contributed by atoms with Crippen LogP contribution < -0.4 is 0 Å². The SMILES string of the molecule is CC.CC.CC.COS(=O)CCc1ccccc1.II. The van der Waals surface area contributed by atoms with Crippen molar-refractivity contribution >= 4 is 48.3 Å². The second-order valence-corrected chi connectivity index (χ2v) is 3.76. The van der Waals surface area contributed by atoms with Crippen LogP contribution in [-0.4, -0.2) is 17.1 Å². The van der Waals surface area contributed by atoms with Crippen molar-refractivity contribution in [2.75, 3.05) is 12.9 Å². The van der Waals surface area contributed by atoms with Gasteiger partial charge in [-0.1, -0.05) is 71.9 Å². The van der Waals surface area contributed by atoms with E-state index in [0.29, 0.717) is 5.75 Å². The Labute approximate surface area is 152 Å². The van der Waals surface area contributed by atoms with E-state index in [2.05, 4.69) is 41.4 Å². The summed E-state index contributed by atoms with van der Waals surface area (Å²) in [4.78, 5) is 0. The molecule has 0 amide bonds. The molecule has 0 fully saturated rings. The van der Waals surface area contributed by atoms with Crippen LogP contribution in [-0.2, 0) is 21.7 Å². The van der Waals surface area contributed by atoms with Gasteiger partial charge in [0.25, 0.3) is 0 Å². The minimum Gasteiger partial charge on any atom is -0.294 e. The summed E-state index contributed by atoms with van der Waals surface area (Å²) < 4.78 is 15.5. The van der Waals surface area contributed by atoms with Gasteiger partial charge in [-0.15, -0.1) is 0 Å². The minimum absolute atomic E-state index is 0.570. The Kier molecular flexibility index (Phi) is 46.1. The maximum absolute atomic E-state index is 10.9. The fraction of sp³-hybridized carbons (Fsp3) is 0.600. The van der Waals surface area contributed by atoms with Crippen molar-refractivity contribution in [1.82, 2.24) is 0 Å². The van der Waals surface area contributed by atoms with Gasteiger partial charge in [0, 0.05) is 37.2 Å². The standard InChI is InChI=1S/C9H12O2S.3C2H6.I2/c1-11-12(10)8-7-9-5-3-2-4-6-9;4*1-2/h2-6H,7-8H2,1H3;3*1-2H3;. The molecule has 0 heterocycles. The lowest BCUT2D eigenvalue weighted by Crippen LogP contribution is -2.01. The maximum atomic E-state index is 10.9. The monoisotopic (exact) mass is 528 g/mol. The number of hydrogen-bond acceptors (Lipinski definition) is 2. The van der Waals surface area contributed by atoms with Crippen molar-refractivity contribution < 1.29 is 8.39 Å². The molecule has 2 nitrogen and oxygen atoms in total. The van der Waals surface area contributed by atoms with Crippen LogP contribution in [0.1, 0.15) is 47.1 Å². The molecule has 0 saturated carbocycles.